The van der Waals surface area contributed by atoms with Gasteiger partial charge in [0.15, 0.2) is 0 Å². The molecule has 0 heterocycles. The van der Waals surface area contributed by atoms with Gasteiger partial charge in [0.1, 0.15) is 0 Å². The van der Waals surface area contributed by atoms with Gasteiger partial charge < -0.3 is 10.6 Å². The minimum atomic E-state index is -0.217. The molecular weight excluding hydrogens is 226 g/mol. The largest absolute Gasteiger partial charge is 0.335 e. The van der Waals surface area contributed by atoms with E-state index in [0.717, 1.165) is 19.3 Å². The lowest BCUT2D eigenvalue weighted by atomic mass is 10.0. The predicted octanol–water partition coefficient (Wildman–Crippen LogP) is 2.79. The van der Waals surface area contributed by atoms with Gasteiger partial charge in [0.05, 0.1) is 11.6 Å². The molecule has 92 valence electrons. The molecule has 0 saturated heterocycles. The van der Waals surface area contributed by atoms with Crippen LogP contribution in [0.3, 0.4) is 0 Å². The number of allylic oxidation sites excluding steroid dienone is 1. The van der Waals surface area contributed by atoms with E-state index < -0.39 is 0 Å². The van der Waals surface area contributed by atoms with Crippen LogP contribution in [0.1, 0.15) is 24.8 Å². The lowest BCUT2D eigenvalue weighted by Gasteiger charge is -2.19. The molecule has 4 nitrogen and oxygen atoms in total. The average Bonchev–Trinajstić information content (AvgIpc) is 2.40. The van der Waals surface area contributed by atoms with Crippen LogP contribution in [0.4, 0.5) is 10.5 Å². The van der Waals surface area contributed by atoms with Crippen molar-refractivity contribution in [2.24, 2.45) is 0 Å². The number of amides is 2. The van der Waals surface area contributed by atoms with Crippen LogP contribution < -0.4 is 10.6 Å². The number of benzene rings is 1. The highest BCUT2D eigenvalue weighted by molar-refractivity contribution is 5.89. The van der Waals surface area contributed by atoms with Gasteiger partial charge >= 0.3 is 6.03 Å². The number of nitrogens with zero attached hydrogens (tertiary/aromatic N) is 1. The molecule has 0 fully saturated rings. The van der Waals surface area contributed by atoms with Crippen molar-refractivity contribution in [3.05, 3.63) is 42.0 Å². The monoisotopic (exact) mass is 241 g/mol. The molecule has 1 aliphatic rings. The maximum Gasteiger partial charge on any atom is 0.319 e. The topological polar surface area (TPSA) is 64.9 Å². The molecule has 1 aromatic carbocycles. The number of carbonyl (C=O) groups is 1. The number of nitriles is 1. The van der Waals surface area contributed by atoms with Crippen molar-refractivity contribution in [1.29, 1.82) is 5.26 Å². The lowest BCUT2D eigenvalue weighted by Crippen LogP contribution is -2.38. The maximum atomic E-state index is 11.8. The molecule has 1 aliphatic carbocycles. The lowest BCUT2D eigenvalue weighted by molar-refractivity contribution is 0.247. The Balaban J connectivity index is 1.90. The molecule has 0 bridgehead atoms. The predicted molar refractivity (Wildman–Crippen MR) is 70.1 cm³/mol. The smallest absolute Gasteiger partial charge is 0.319 e. The van der Waals surface area contributed by atoms with Crippen LogP contribution in [0.25, 0.3) is 0 Å². The Morgan fingerprint density at radius 2 is 2.28 bits per heavy atom. The first kappa shape index (κ1) is 12.2. The van der Waals surface area contributed by atoms with E-state index in [1.54, 1.807) is 24.3 Å². The normalized spacial score (nSPS) is 17.8. The van der Waals surface area contributed by atoms with E-state index >= 15 is 0 Å². The highest BCUT2D eigenvalue weighted by Gasteiger charge is 2.12. The molecule has 1 unspecified atom stereocenters. The third kappa shape index (κ3) is 3.36. The number of anilines is 1. The van der Waals surface area contributed by atoms with Crippen LogP contribution in [0.5, 0.6) is 0 Å². The van der Waals surface area contributed by atoms with E-state index in [1.807, 2.05) is 6.07 Å². The summed E-state index contributed by atoms with van der Waals surface area (Å²) in [6.07, 6.45) is 7.08. The van der Waals surface area contributed by atoms with E-state index in [2.05, 4.69) is 22.8 Å². The van der Waals surface area contributed by atoms with Gasteiger partial charge in [-0.25, -0.2) is 4.79 Å². The highest BCUT2D eigenvalue weighted by atomic mass is 16.2. The summed E-state index contributed by atoms with van der Waals surface area (Å²) in [5, 5.41) is 14.4. The standard InChI is InChI=1S/C14H15N3O/c15-10-11-5-4-8-13(9-11)17-14(18)16-12-6-2-1-3-7-12/h1-2,4-5,8-9,12H,3,6-7H2,(H2,16,17,18). The average molecular weight is 241 g/mol. The first-order valence-corrected chi connectivity index (χ1v) is 6.00. The van der Waals surface area contributed by atoms with E-state index in [9.17, 15) is 4.79 Å². The summed E-state index contributed by atoms with van der Waals surface area (Å²) in [5.41, 5.74) is 1.17. The molecule has 0 aromatic heterocycles. The molecular formula is C14H15N3O. The number of rotatable bonds is 2. The molecule has 0 saturated carbocycles. The molecule has 2 rings (SSSR count). The zero-order chi connectivity index (χ0) is 12.8. The highest BCUT2D eigenvalue weighted by Crippen LogP contribution is 2.12. The van der Waals surface area contributed by atoms with Crippen molar-refractivity contribution in [3.63, 3.8) is 0 Å². The van der Waals surface area contributed by atoms with Crippen molar-refractivity contribution in [1.82, 2.24) is 5.32 Å². The van der Waals surface area contributed by atoms with Gasteiger partial charge in [-0.1, -0.05) is 18.2 Å². The summed E-state index contributed by atoms with van der Waals surface area (Å²) in [5.74, 6) is 0. The minimum Gasteiger partial charge on any atom is -0.335 e. The quantitative estimate of drug-likeness (QED) is 0.782. The second-order valence-electron chi connectivity index (χ2n) is 4.27. The van der Waals surface area contributed by atoms with Crippen molar-refractivity contribution >= 4 is 11.7 Å². The SMILES string of the molecule is N#Cc1cccc(NC(=O)NC2CC=CCC2)c1. The van der Waals surface area contributed by atoms with E-state index in [-0.39, 0.29) is 12.1 Å². The number of nitrogens with one attached hydrogen (secondary N) is 2. The first-order valence-electron chi connectivity index (χ1n) is 6.00. The molecule has 18 heavy (non-hydrogen) atoms. The Hall–Kier alpha value is -2.28. The molecule has 0 radical (unpaired) electrons. The molecule has 1 atom stereocenters. The Bertz CT molecular complexity index is 502. The Morgan fingerprint density at radius 3 is 3.00 bits per heavy atom. The molecule has 2 N–H and O–H groups in total. The summed E-state index contributed by atoms with van der Waals surface area (Å²) >= 11 is 0. The van der Waals surface area contributed by atoms with E-state index in [0.29, 0.717) is 11.3 Å². The molecule has 0 spiro atoms. The van der Waals surface area contributed by atoms with Gasteiger partial charge in [-0.3, -0.25) is 0 Å². The van der Waals surface area contributed by atoms with Crippen molar-refractivity contribution in [2.75, 3.05) is 5.32 Å². The van der Waals surface area contributed by atoms with Crippen molar-refractivity contribution in [2.45, 2.75) is 25.3 Å². The minimum absolute atomic E-state index is 0.203. The fourth-order valence-corrected chi connectivity index (χ4v) is 1.94. The fourth-order valence-electron chi connectivity index (χ4n) is 1.94. The van der Waals surface area contributed by atoms with E-state index in [4.69, 9.17) is 5.26 Å². The first-order chi connectivity index (χ1) is 8.78. The summed E-state index contributed by atoms with van der Waals surface area (Å²) in [6, 6.07) is 8.90. The van der Waals surface area contributed by atoms with Crippen LogP contribution in [0.2, 0.25) is 0 Å². The van der Waals surface area contributed by atoms with Crippen LogP contribution in [0, 0.1) is 11.3 Å². The van der Waals surface area contributed by atoms with Gasteiger partial charge in [0, 0.05) is 11.7 Å². The third-order valence-electron chi connectivity index (χ3n) is 2.85. The van der Waals surface area contributed by atoms with Gasteiger partial charge in [-0.05, 0) is 37.5 Å². The van der Waals surface area contributed by atoms with Gasteiger partial charge in [0.2, 0.25) is 0 Å². The molecule has 1 aromatic rings. The second kappa shape index (κ2) is 5.87. The van der Waals surface area contributed by atoms with Crippen LogP contribution in [0.15, 0.2) is 36.4 Å². The third-order valence-corrected chi connectivity index (χ3v) is 2.85. The van der Waals surface area contributed by atoms with Gasteiger partial charge in [-0.2, -0.15) is 5.26 Å². The fraction of sp³-hybridized carbons (Fsp3) is 0.286. The number of hydrogen-bond donors (Lipinski definition) is 2. The van der Waals surface area contributed by atoms with Gasteiger partial charge in [0.25, 0.3) is 0 Å². The zero-order valence-electron chi connectivity index (χ0n) is 10.0. The molecule has 2 amide bonds. The van der Waals surface area contributed by atoms with E-state index in [1.165, 1.54) is 0 Å². The Kier molecular flexibility index (Phi) is 3.98. The summed E-state index contributed by atoms with van der Waals surface area (Å²) in [6.45, 7) is 0. The van der Waals surface area contributed by atoms with Crippen LogP contribution >= 0.6 is 0 Å². The second-order valence-corrected chi connectivity index (χ2v) is 4.27. The Morgan fingerprint density at radius 1 is 1.39 bits per heavy atom. The number of carbonyl (C=O) groups excluding carboxylic acids is 1. The van der Waals surface area contributed by atoms with Crippen LogP contribution in [-0.4, -0.2) is 12.1 Å². The summed E-state index contributed by atoms with van der Waals surface area (Å²) < 4.78 is 0. The summed E-state index contributed by atoms with van der Waals surface area (Å²) in [7, 11) is 0. The zero-order valence-corrected chi connectivity index (χ0v) is 10.0. The number of urea groups is 1. The van der Waals surface area contributed by atoms with Gasteiger partial charge in [-0.15, -0.1) is 0 Å². The maximum absolute atomic E-state index is 11.8. The van der Waals surface area contributed by atoms with Crippen molar-refractivity contribution < 1.29 is 4.79 Å². The molecule has 0 aliphatic heterocycles. The Labute approximate surface area is 106 Å². The number of hydrogen-bond acceptors (Lipinski definition) is 2. The molecule has 4 heteroatoms. The summed E-state index contributed by atoms with van der Waals surface area (Å²) in [4.78, 5) is 11.8. The van der Waals surface area contributed by atoms with Crippen LogP contribution in [-0.2, 0) is 0 Å². The van der Waals surface area contributed by atoms with Crippen molar-refractivity contribution in [3.8, 4) is 6.07 Å².